The van der Waals surface area contributed by atoms with Crippen molar-refractivity contribution in [2.24, 2.45) is 11.8 Å². The van der Waals surface area contributed by atoms with Crippen LogP contribution in [-0.2, 0) is 4.79 Å². The van der Waals surface area contributed by atoms with Crippen LogP contribution in [0, 0.1) is 11.8 Å². The van der Waals surface area contributed by atoms with Gasteiger partial charge >= 0.3 is 0 Å². The lowest BCUT2D eigenvalue weighted by atomic mass is 9.90. The molecular formula is C13H24N2O. The Morgan fingerprint density at radius 2 is 2.00 bits per heavy atom. The Morgan fingerprint density at radius 1 is 1.31 bits per heavy atom. The van der Waals surface area contributed by atoms with Gasteiger partial charge in [0.2, 0.25) is 5.91 Å². The molecule has 1 aliphatic heterocycles. The van der Waals surface area contributed by atoms with E-state index in [9.17, 15) is 4.79 Å². The minimum Gasteiger partial charge on any atom is -0.350 e. The standard InChI is InChI=1S/C13H24N2O/c1-9-5-4-8-14-11(9)12(16)15-13(2,3)10-6-7-10/h9-11,14H,4-8H2,1-3H3,(H,15,16). The van der Waals surface area contributed by atoms with Gasteiger partial charge in [0.1, 0.15) is 0 Å². The van der Waals surface area contributed by atoms with Crippen LogP contribution in [0.3, 0.4) is 0 Å². The quantitative estimate of drug-likeness (QED) is 0.766. The van der Waals surface area contributed by atoms with Gasteiger partial charge in [-0.3, -0.25) is 4.79 Å². The lowest BCUT2D eigenvalue weighted by molar-refractivity contribution is -0.126. The first-order chi connectivity index (χ1) is 7.50. The van der Waals surface area contributed by atoms with Crippen LogP contribution in [0.25, 0.3) is 0 Å². The molecule has 1 saturated heterocycles. The molecule has 2 aliphatic rings. The molecule has 0 aromatic rings. The van der Waals surface area contributed by atoms with E-state index in [1.165, 1.54) is 19.3 Å². The zero-order chi connectivity index (χ0) is 11.8. The average Bonchev–Trinajstić information content (AvgIpc) is 3.00. The van der Waals surface area contributed by atoms with Gasteiger partial charge in [-0.05, 0) is 57.9 Å². The van der Waals surface area contributed by atoms with Crippen LogP contribution in [0.5, 0.6) is 0 Å². The molecule has 92 valence electrons. The summed E-state index contributed by atoms with van der Waals surface area (Å²) in [4.78, 5) is 12.2. The summed E-state index contributed by atoms with van der Waals surface area (Å²) in [5.74, 6) is 1.35. The fourth-order valence-corrected chi connectivity index (χ4v) is 2.70. The number of nitrogens with one attached hydrogen (secondary N) is 2. The van der Waals surface area contributed by atoms with Crippen LogP contribution in [0.4, 0.5) is 0 Å². The van der Waals surface area contributed by atoms with Gasteiger partial charge < -0.3 is 10.6 Å². The Hall–Kier alpha value is -0.570. The molecule has 0 radical (unpaired) electrons. The van der Waals surface area contributed by atoms with Gasteiger partial charge in [0.05, 0.1) is 6.04 Å². The van der Waals surface area contributed by atoms with Gasteiger partial charge in [0.25, 0.3) is 0 Å². The summed E-state index contributed by atoms with van der Waals surface area (Å²) in [5, 5.41) is 6.56. The number of piperidine rings is 1. The van der Waals surface area contributed by atoms with Crippen molar-refractivity contribution in [3.05, 3.63) is 0 Å². The topological polar surface area (TPSA) is 41.1 Å². The zero-order valence-corrected chi connectivity index (χ0v) is 10.7. The SMILES string of the molecule is CC1CCCNC1C(=O)NC(C)(C)C1CC1. The van der Waals surface area contributed by atoms with E-state index in [0.717, 1.165) is 13.0 Å². The molecule has 2 rings (SSSR count). The normalized spacial score (nSPS) is 31.2. The lowest BCUT2D eigenvalue weighted by Crippen LogP contribution is -2.56. The minimum atomic E-state index is -0.0179. The molecule has 2 fully saturated rings. The summed E-state index contributed by atoms with van der Waals surface area (Å²) in [6.45, 7) is 7.44. The summed E-state index contributed by atoms with van der Waals surface area (Å²) < 4.78 is 0. The summed E-state index contributed by atoms with van der Waals surface area (Å²) >= 11 is 0. The first kappa shape index (κ1) is 11.9. The molecule has 3 heteroatoms. The van der Waals surface area contributed by atoms with Crippen molar-refractivity contribution < 1.29 is 4.79 Å². The molecule has 0 spiro atoms. The molecule has 2 unspecified atom stereocenters. The molecule has 0 aromatic carbocycles. The predicted octanol–water partition coefficient (Wildman–Crippen LogP) is 1.68. The fraction of sp³-hybridized carbons (Fsp3) is 0.923. The van der Waals surface area contributed by atoms with Crippen LogP contribution in [0.15, 0.2) is 0 Å². The summed E-state index contributed by atoms with van der Waals surface area (Å²) in [7, 11) is 0. The average molecular weight is 224 g/mol. The molecule has 3 nitrogen and oxygen atoms in total. The third-order valence-corrected chi connectivity index (χ3v) is 4.10. The zero-order valence-electron chi connectivity index (χ0n) is 10.7. The van der Waals surface area contributed by atoms with Gasteiger partial charge in [0.15, 0.2) is 0 Å². The van der Waals surface area contributed by atoms with Crippen molar-refractivity contribution in [2.45, 2.75) is 58.0 Å². The van der Waals surface area contributed by atoms with Gasteiger partial charge in [-0.2, -0.15) is 0 Å². The van der Waals surface area contributed by atoms with Crippen molar-refractivity contribution in [3.8, 4) is 0 Å². The van der Waals surface area contributed by atoms with Crippen LogP contribution < -0.4 is 10.6 Å². The number of hydrogen-bond donors (Lipinski definition) is 2. The number of rotatable bonds is 3. The van der Waals surface area contributed by atoms with Gasteiger partial charge in [-0.1, -0.05) is 6.92 Å². The Balaban J connectivity index is 1.91. The first-order valence-electron chi connectivity index (χ1n) is 6.56. The number of amides is 1. The van der Waals surface area contributed by atoms with Crippen molar-refractivity contribution >= 4 is 5.91 Å². The van der Waals surface area contributed by atoms with E-state index in [-0.39, 0.29) is 17.5 Å². The monoisotopic (exact) mass is 224 g/mol. The smallest absolute Gasteiger partial charge is 0.237 e. The Kier molecular flexibility index (Phi) is 3.24. The second-order valence-corrected chi connectivity index (χ2v) is 6.04. The second-order valence-electron chi connectivity index (χ2n) is 6.04. The van der Waals surface area contributed by atoms with Gasteiger partial charge in [0, 0.05) is 5.54 Å². The number of carbonyl (C=O) groups excluding carboxylic acids is 1. The molecule has 1 aliphatic carbocycles. The first-order valence-corrected chi connectivity index (χ1v) is 6.56. The lowest BCUT2D eigenvalue weighted by Gasteiger charge is -2.33. The maximum Gasteiger partial charge on any atom is 0.237 e. The van der Waals surface area contributed by atoms with E-state index in [1.807, 2.05) is 0 Å². The molecule has 16 heavy (non-hydrogen) atoms. The highest BCUT2D eigenvalue weighted by molar-refractivity contribution is 5.82. The molecule has 1 saturated carbocycles. The molecule has 2 N–H and O–H groups in total. The maximum atomic E-state index is 12.2. The van der Waals surface area contributed by atoms with Gasteiger partial charge in [-0.15, -0.1) is 0 Å². The molecular weight excluding hydrogens is 200 g/mol. The highest BCUT2D eigenvalue weighted by Crippen LogP contribution is 2.39. The van der Waals surface area contributed by atoms with Crippen LogP contribution in [0.2, 0.25) is 0 Å². The van der Waals surface area contributed by atoms with Gasteiger partial charge in [-0.25, -0.2) is 0 Å². The Bertz CT molecular complexity index is 271. The molecule has 0 bridgehead atoms. The Labute approximate surface area is 98.4 Å². The second kappa shape index (κ2) is 4.36. The third kappa shape index (κ3) is 2.57. The van der Waals surface area contributed by atoms with E-state index in [4.69, 9.17) is 0 Å². The van der Waals surface area contributed by atoms with Crippen molar-refractivity contribution in [1.29, 1.82) is 0 Å². The van der Waals surface area contributed by atoms with Crippen molar-refractivity contribution in [3.63, 3.8) is 0 Å². The molecule has 2 atom stereocenters. The summed E-state index contributed by atoms with van der Waals surface area (Å²) in [6, 6.07) is 0.0202. The van der Waals surface area contributed by atoms with E-state index in [1.54, 1.807) is 0 Å². The number of hydrogen-bond acceptors (Lipinski definition) is 2. The van der Waals surface area contributed by atoms with Crippen LogP contribution in [0.1, 0.15) is 46.5 Å². The highest BCUT2D eigenvalue weighted by Gasteiger charge is 2.40. The van der Waals surface area contributed by atoms with E-state index in [0.29, 0.717) is 11.8 Å². The van der Waals surface area contributed by atoms with Crippen molar-refractivity contribution in [2.75, 3.05) is 6.54 Å². The fourth-order valence-electron chi connectivity index (χ4n) is 2.70. The molecule has 1 heterocycles. The van der Waals surface area contributed by atoms with Crippen LogP contribution in [-0.4, -0.2) is 24.0 Å². The summed E-state index contributed by atoms with van der Waals surface area (Å²) in [5.41, 5.74) is -0.0179. The largest absolute Gasteiger partial charge is 0.350 e. The van der Waals surface area contributed by atoms with Crippen LogP contribution >= 0.6 is 0 Å². The minimum absolute atomic E-state index is 0.0179. The van der Waals surface area contributed by atoms with E-state index >= 15 is 0 Å². The molecule has 1 amide bonds. The highest BCUT2D eigenvalue weighted by atomic mass is 16.2. The maximum absolute atomic E-state index is 12.2. The van der Waals surface area contributed by atoms with E-state index in [2.05, 4.69) is 31.4 Å². The van der Waals surface area contributed by atoms with Crippen molar-refractivity contribution in [1.82, 2.24) is 10.6 Å². The summed E-state index contributed by atoms with van der Waals surface area (Å²) in [6.07, 6.45) is 4.88. The number of carbonyl (C=O) groups is 1. The molecule has 0 aromatic heterocycles. The third-order valence-electron chi connectivity index (χ3n) is 4.10. The Morgan fingerprint density at radius 3 is 2.56 bits per heavy atom. The predicted molar refractivity (Wildman–Crippen MR) is 65.1 cm³/mol. The van der Waals surface area contributed by atoms with E-state index < -0.39 is 0 Å².